The van der Waals surface area contributed by atoms with Crippen LogP contribution in [0.15, 0.2) is 24.7 Å². The normalized spacial score (nSPS) is 10.1. The van der Waals surface area contributed by atoms with Gasteiger partial charge in [0.05, 0.1) is 12.3 Å². The highest BCUT2D eigenvalue weighted by atomic mass is 15.3. The van der Waals surface area contributed by atoms with Gasteiger partial charge in [0.2, 0.25) is 0 Å². The van der Waals surface area contributed by atoms with Crippen LogP contribution in [0.2, 0.25) is 0 Å². The van der Waals surface area contributed by atoms with Crippen molar-refractivity contribution in [2.75, 3.05) is 0 Å². The number of fused-ring (bicyclic) bond motifs is 1. The minimum absolute atomic E-state index is 0.377. The highest BCUT2D eigenvalue weighted by Crippen LogP contribution is 2.02. The van der Waals surface area contributed by atoms with Crippen molar-refractivity contribution in [2.45, 2.75) is 6.54 Å². The molecule has 11 heavy (non-hydrogen) atoms. The zero-order valence-electron chi connectivity index (χ0n) is 5.81. The van der Waals surface area contributed by atoms with Crippen LogP contribution in [0.25, 0.3) is 5.65 Å². The Morgan fingerprint density at radius 2 is 2.45 bits per heavy atom. The molecule has 54 valence electrons. The topological polar surface area (TPSA) is 46.0 Å². The molecule has 0 aromatic carbocycles. The third-order valence-electron chi connectivity index (χ3n) is 1.57. The molecule has 0 radical (unpaired) electrons. The van der Waals surface area contributed by atoms with Crippen LogP contribution < -0.4 is 0 Å². The molecule has 0 aliphatic rings. The summed E-state index contributed by atoms with van der Waals surface area (Å²) in [5.74, 6) is 0. The van der Waals surface area contributed by atoms with E-state index in [2.05, 4.69) is 11.2 Å². The summed E-state index contributed by atoms with van der Waals surface area (Å²) in [4.78, 5) is 0. The largest absolute Gasteiger partial charge is 0.318 e. The lowest BCUT2D eigenvalue weighted by molar-refractivity contribution is 0.859. The summed E-state index contributed by atoms with van der Waals surface area (Å²) in [6.07, 6.45) is 5.38. The number of nitrogens with zero attached hydrogens (tertiary/aromatic N) is 4. The van der Waals surface area contributed by atoms with Crippen molar-refractivity contribution in [3.63, 3.8) is 0 Å². The van der Waals surface area contributed by atoms with Crippen molar-refractivity contribution in [1.29, 1.82) is 5.26 Å². The van der Waals surface area contributed by atoms with Crippen LogP contribution in [0, 0.1) is 11.3 Å². The van der Waals surface area contributed by atoms with Gasteiger partial charge < -0.3 is 4.57 Å². The lowest BCUT2D eigenvalue weighted by Gasteiger charge is -1.91. The van der Waals surface area contributed by atoms with E-state index in [9.17, 15) is 0 Å². The Labute approximate surface area is 63.3 Å². The van der Waals surface area contributed by atoms with Gasteiger partial charge in [0.25, 0.3) is 0 Å². The summed E-state index contributed by atoms with van der Waals surface area (Å²) < 4.78 is 3.57. The van der Waals surface area contributed by atoms with Crippen LogP contribution in [0.1, 0.15) is 0 Å². The third-order valence-corrected chi connectivity index (χ3v) is 1.57. The molecule has 0 bridgehead atoms. The maximum Gasteiger partial charge on any atom is 0.136 e. The predicted molar refractivity (Wildman–Crippen MR) is 38.8 cm³/mol. The summed E-state index contributed by atoms with van der Waals surface area (Å²) in [6, 6.07) is 3.95. The fourth-order valence-electron chi connectivity index (χ4n) is 1.08. The smallest absolute Gasteiger partial charge is 0.136 e. The molecule has 0 amide bonds. The Kier molecular flexibility index (Phi) is 1.16. The second-order valence-electron chi connectivity index (χ2n) is 2.22. The maximum absolute atomic E-state index is 8.43. The number of rotatable bonds is 1. The Morgan fingerprint density at radius 3 is 3.27 bits per heavy atom. The van der Waals surface area contributed by atoms with E-state index in [1.165, 1.54) is 0 Å². The maximum atomic E-state index is 8.43. The van der Waals surface area contributed by atoms with Crippen LogP contribution in [0.5, 0.6) is 0 Å². The molecule has 2 aromatic heterocycles. The van der Waals surface area contributed by atoms with Crippen LogP contribution >= 0.6 is 0 Å². The average molecular weight is 146 g/mol. The zero-order chi connectivity index (χ0) is 7.68. The number of imidazole rings is 1. The van der Waals surface area contributed by atoms with Gasteiger partial charge in [-0.2, -0.15) is 10.4 Å². The van der Waals surface area contributed by atoms with Crippen LogP contribution in [0.3, 0.4) is 0 Å². The van der Waals surface area contributed by atoms with Gasteiger partial charge in [0.15, 0.2) is 0 Å². The van der Waals surface area contributed by atoms with E-state index >= 15 is 0 Å². The lowest BCUT2D eigenvalue weighted by atomic mass is 10.6. The minimum atomic E-state index is 0.377. The highest BCUT2D eigenvalue weighted by Gasteiger charge is 1.97. The Hall–Kier alpha value is -1.76. The van der Waals surface area contributed by atoms with Crippen molar-refractivity contribution >= 4 is 5.65 Å². The van der Waals surface area contributed by atoms with Crippen molar-refractivity contribution in [3.05, 3.63) is 24.7 Å². The van der Waals surface area contributed by atoms with E-state index in [1.54, 1.807) is 10.7 Å². The SMILES string of the molecule is N#CCn1ccn2nccc12. The molecular formula is C7H6N4. The lowest BCUT2D eigenvalue weighted by Crippen LogP contribution is -1.92. The molecule has 0 fully saturated rings. The molecule has 0 saturated heterocycles. The standard InChI is InChI=1S/C7H6N4/c8-2-4-10-5-6-11-7(10)1-3-9-11/h1,3,5-6H,4H2. The molecular weight excluding hydrogens is 140 g/mol. The second-order valence-corrected chi connectivity index (χ2v) is 2.22. The Bertz CT molecular complexity index is 403. The molecule has 0 N–H and O–H groups in total. The first-order valence-corrected chi connectivity index (χ1v) is 3.27. The summed E-state index contributed by atoms with van der Waals surface area (Å²) in [5.41, 5.74) is 0.951. The molecule has 0 saturated carbocycles. The van der Waals surface area contributed by atoms with Gasteiger partial charge in [-0.15, -0.1) is 0 Å². The monoisotopic (exact) mass is 146 g/mol. The fraction of sp³-hybridized carbons (Fsp3) is 0.143. The summed E-state index contributed by atoms with van der Waals surface area (Å²) in [5, 5.41) is 12.4. The van der Waals surface area contributed by atoms with E-state index < -0.39 is 0 Å². The van der Waals surface area contributed by atoms with Crippen LogP contribution in [-0.2, 0) is 6.54 Å². The molecule has 0 unspecified atom stereocenters. The zero-order valence-corrected chi connectivity index (χ0v) is 5.81. The Morgan fingerprint density at radius 1 is 1.55 bits per heavy atom. The third kappa shape index (κ3) is 0.783. The van der Waals surface area contributed by atoms with Gasteiger partial charge in [-0.3, -0.25) is 0 Å². The molecule has 0 aliphatic carbocycles. The summed E-state index contributed by atoms with van der Waals surface area (Å²) in [7, 11) is 0. The van der Waals surface area contributed by atoms with Gasteiger partial charge in [0, 0.05) is 18.5 Å². The molecule has 4 nitrogen and oxygen atoms in total. The number of hydrogen-bond acceptors (Lipinski definition) is 2. The highest BCUT2D eigenvalue weighted by molar-refractivity contribution is 5.38. The van der Waals surface area contributed by atoms with E-state index in [1.807, 2.05) is 23.0 Å². The number of nitriles is 1. The fourth-order valence-corrected chi connectivity index (χ4v) is 1.08. The Balaban J connectivity index is 2.61. The van der Waals surface area contributed by atoms with Crippen molar-refractivity contribution < 1.29 is 0 Å². The molecule has 4 heteroatoms. The predicted octanol–water partition coefficient (Wildman–Crippen LogP) is 0.659. The number of aromatic nitrogens is 3. The summed E-state index contributed by atoms with van der Waals surface area (Å²) >= 11 is 0. The minimum Gasteiger partial charge on any atom is -0.318 e. The van der Waals surface area contributed by atoms with E-state index in [-0.39, 0.29) is 0 Å². The second kappa shape index (κ2) is 2.13. The van der Waals surface area contributed by atoms with Gasteiger partial charge in [-0.1, -0.05) is 0 Å². The van der Waals surface area contributed by atoms with Gasteiger partial charge >= 0.3 is 0 Å². The van der Waals surface area contributed by atoms with E-state index in [0.717, 1.165) is 5.65 Å². The molecule has 0 spiro atoms. The van der Waals surface area contributed by atoms with E-state index in [0.29, 0.717) is 6.54 Å². The van der Waals surface area contributed by atoms with Crippen molar-refractivity contribution in [1.82, 2.24) is 14.2 Å². The first-order valence-electron chi connectivity index (χ1n) is 3.27. The molecule has 0 atom stereocenters. The van der Waals surface area contributed by atoms with Gasteiger partial charge in [-0.05, 0) is 0 Å². The molecule has 0 aliphatic heterocycles. The number of hydrogen-bond donors (Lipinski definition) is 0. The first kappa shape index (κ1) is 5.98. The van der Waals surface area contributed by atoms with Crippen LogP contribution in [0.4, 0.5) is 0 Å². The van der Waals surface area contributed by atoms with Crippen molar-refractivity contribution in [3.8, 4) is 6.07 Å². The molecule has 2 heterocycles. The summed E-state index contributed by atoms with van der Waals surface area (Å²) in [6.45, 7) is 0.377. The quantitative estimate of drug-likeness (QED) is 0.593. The van der Waals surface area contributed by atoms with Gasteiger partial charge in [0.1, 0.15) is 12.2 Å². The molecule has 2 rings (SSSR count). The first-order chi connectivity index (χ1) is 5.42. The van der Waals surface area contributed by atoms with Crippen molar-refractivity contribution in [2.24, 2.45) is 0 Å². The van der Waals surface area contributed by atoms with E-state index in [4.69, 9.17) is 5.26 Å². The van der Waals surface area contributed by atoms with Gasteiger partial charge in [-0.25, -0.2) is 4.52 Å². The average Bonchev–Trinajstić information content (AvgIpc) is 2.53. The molecule has 2 aromatic rings. The van der Waals surface area contributed by atoms with Crippen LogP contribution in [-0.4, -0.2) is 14.2 Å².